The zero-order chi connectivity index (χ0) is 13.3. The Labute approximate surface area is 113 Å². The van der Waals surface area contributed by atoms with Crippen LogP contribution < -0.4 is 5.73 Å². The molecular weight excluding hydrogens is 246 g/mol. The van der Waals surface area contributed by atoms with Gasteiger partial charge in [-0.05, 0) is 17.9 Å². The Bertz CT molecular complexity index is 543. The molecule has 96 valence electrons. The van der Waals surface area contributed by atoms with E-state index in [0.29, 0.717) is 17.0 Å². The topological polar surface area (TPSA) is 43.8 Å². The second-order valence-corrected chi connectivity index (χ2v) is 4.96. The average Bonchev–Trinajstić information content (AvgIpc) is 2.63. The number of benzene rings is 1. The number of hydrogen-bond donors (Lipinski definition) is 1. The molecule has 2 rings (SSSR count). The summed E-state index contributed by atoms with van der Waals surface area (Å²) in [5.74, 6) is 1.01. The fourth-order valence-corrected chi connectivity index (χ4v) is 2.32. The maximum atomic E-state index is 6.10. The van der Waals surface area contributed by atoms with E-state index in [1.807, 2.05) is 7.05 Å². The minimum absolute atomic E-state index is 0.431. The van der Waals surface area contributed by atoms with Crippen molar-refractivity contribution in [3.05, 3.63) is 35.0 Å². The Balaban J connectivity index is 2.40. The van der Waals surface area contributed by atoms with Gasteiger partial charge < -0.3 is 10.3 Å². The van der Waals surface area contributed by atoms with Crippen LogP contribution in [0.5, 0.6) is 0 Å². The van der Waals surface area contributed by atoms with Crippen molar-refractivity contribution in [2.75, 3.05) is 5.73 Å². The number of nitrogens with zero attached hydrogens (tertiary/aromatic N) is 2. The quantitative estimate of drug-likeness (QED) is 0.914. The molecule has 0 saturated heterocycles. The first-order chi connectivity index (χ1) is 8.54. The molecule has 3 nitrogen and oxygen atoms in total. The molecule has 0 aliphatic rings. The molecule has 0 saturated carbocycles. The van der Waals surface area contributed by atoms with Crippen LogP contribution in [-0.4, -0.2) is 9.55 Å². The summed E-state index contributed by atoms with van der Waals surface area (Å²) in [7, 11) is 1.87. The van der Waals surface area contributed by atoms with Crippen molar-refractivity contribution in [1.29, 1.82) is 0 Å². The number of anilines is 1. The van der Waals surface area contributed by atoms with Crippen LogP contribution in [0.4, 0.5) is 5.95 Å². The monoisotopic (exact) mass is 263 g/mol. The molecule has 0 aliphatic carbocycles. The molecule has 2 aromatic rings. The number of rotatable bonds is 3. The first-order valence-corrected chi connectivity index (χ1v) is 6.50. The first kappa shape index (κ1) is 13.0. The standard InChI is InChI=1S/C14H18ClN3/c1-4-9(2)10-5-7-11(8-6-10)12-13(15)17-14(16)18(12)3/h5-9H,4H2,1-3H3,(H2,16,17). The molecule has 18 heavy (non-hydrogen) atoms. The lowest BCUT2D eigenvalue weighted by Crippen LogP contribution is -1.98. The number of aromatic nitrogens is 2. The van der Waals surface area contributed by atoms with Crippen molar-refractivity contribution in [3.63, 3.8) is 0 Å². The third-order valence-corrected chi connectivity index (χ3v) is 3.72. The average molecular weight is 264 g/mol. The zero-order valence-corrected chi connectivity index (χ0v) is 11.7. The van der Waals surface area contributed by atoms with Crippen molar-refractivity contribution in [1.82, 2.24) is 9.55 Å². The molecule has 1 unspecified atom stereocenters. The van der Waals surface area contributed by atoms with Gasteiger partial charge in [0, 0.05) is 12.6 Å². The summed E-state index contributed by atoms with van der Waals surface area (Å²) >= 11 is 6.10. The summed E-state index contributed by atoms with van der Waals surface area (Å²) in [6, 6.07) is 8.43. The Hall–Kier alpha value is -1.48. The van der Waals surface area contributed by atoms with E-state index >= 15 is 0 Å². The highest BCUT2D eigenvalue weighted by Crippen LogP contribution is 2.30. The lowest BCUT2D eigenvalue weighted by molar-refractivity contribution is 0.734. The summed E-state index contributed by atoms with van der Waals surface area (Å²) in [6.45, 7) is 4.42. The summed E-state index contributed by atoms with van der Waals surface area (Å²) < 4.78 is 1.81. The SMILES string of the molecule is CCC(C)c1ccc(-c2c(Cl)nc(N)n2C)cc1. The van der Waals surface area contributed by atoms with E-state index in [2.05, 4.69) is 43.1 Å². The molecule has 0 spiro atoms. The summed E-state index contributed by atoms with van der Waals surface area (Å²) in [4.78, 5) is 4.07. The second kappa shape index (κ2) is 5.02. The molecular formula is C14H18ClN3. The fraction of sp³-hybridized carbons (Fsp3) is 0.357. The van der Waals surface area contributed by atoms with Crippen LogP contribution in [0.2, 0.25) is 5.15 Å². The Kier molecular flexibility index (Phi) is 3.62. The first-order valence-electron chi connectivity index (χ1n) is 6.12. The number of nitrogen functional groups attached to an aromatic ring is 1. The van der Waals surface area contributed by atoms with Crippen LogP contribution in [0.3, 0.4) is 0 Å². The normalized spacial score (nSPS) is 12.7. The second-order valence-electron chi connectivity index (χ2n) is 4.60. The maximum absolute atomic E-state index is 6.10. The smallest absolute Gasteiger partial charge is 0.201 e. The Morgan fingerprint density at radius 1 is 1.33 bits per heavy atom. The van der Waals surface area contributed by atoms with Gasteiger partial charge in [0.25, 0.3) is 0 Å². The third-order valence-electron chi connectivity index (χ3n) is 3.45. The minimum atomic E-state index is 0.431. The van der Waals surface area contributed by atoms with Gasteiger partial charge in [0.05, 0.1) is 5.69 Å². The highest BCUT2D eigenvalue weighted by atomic mass is 35.5. The molecule has 0 amide bonds. The molecule has 0 fully saturated rings. The number of halogens is 1. The predicted molar refractivity (Wildman–Crippen MR) is 76.8 cm³/mol. The van der Waals surface area contributed by atoms with Crippen LogP contribution in [0.25, 0.3) is 11.3 Å². The summed E-state index contributed by atoms with van der Waals surface area (Å²) in [6.07, 6.45) is 1.14. The molecule has 4 heteroatoms. The highest BCUT2D eigenvalue weighted by molar-refractivity contribution is 6.32. The van der Waals surface area contributed by atoms with Crippen molar-refractivity contribution in [3.8, 4) is 11.3 Å². The van der Waals surface area contributed by atoms with Gasteiger partial charge >= 0.3 is 0 Å². The van der Waals surface area contributed by atoms with Crippen LogP contribution in [0.15, 0.2) is 24.3 Å². The zero-order valence-electron chi connectivity index (χ0n) is 10.9. The molecule has 1 aromatic carbocycles. The molecule has 2 N–H and O–H groups in total. The van der Waals surface area contributed by atoms with Gasteiger partial charge in [0.2, 0.25) is 5.95 Å². The van der Waals surface area contributed by atoms with E-state index in [4.69, 9.17) is 17.3 Å². The summed E-state index contributed by atoms with van der Waals surface area (Å²) in [5.41, 5.74) is 8.99. The van der Waals surface area contributed by atoms with Gasteiger partial charge in [0.1, 0.15) is 0 Å². The van der Waals surface area contributed by atoms with Gasteiger partial charge in [-0.2, -0.15) is 0 Å². The van der Waals surface area contributed by atoms with Crippen molar-refractivity contribution < 1.29 is 0 Å². The molecule has 0 bridgehead atoms. The van der Waals surface area contributed by atoms with Gasteiger partial charge in [-0.15, -0.1) is 0 Å². The van der Waals surface area contributed by atoms with E-state index in [1.165, 1.54) is 5.56 Å². The van der Waals surface area contributed by atoms with Crippen LogP contribution in [-0.2, 0) is 7.05 Å². The lowest BCUT2D eigenvalue weighted by Gasteiger charge is -2.10. The van der Waals surface area contributed by atoms with E-state index in [1.54, 1.807) is 4.57 Å². The highest BCUT2D eigenvalue weighted by Gasteiger charge is 2.13. The fourth-order valence-electron chi connectivity index (χ4n) is 2.00. The van der Waals surface area contributed by atoms with Crippen molar-refractivity contribution in [2.45, 2.75) is 26.2 Å². The number of hydrogen-bond acceptors (Lipinski definition) is 2. The van der Waals surface area contributed by atoms with Gasteiger partial charge in [-0.3, -0.25) is 0 Å². The van der Waals surface area contributed by atoms with Crippen LogP contribution in [0, 0.1) is 0 Å². The van der Waals surface area contributed by atoms with Crippen LogP contribution in [0.1, 0.15) is 31.7 Å². The molecule has 1 atom stereocenters. The van der Waals surface area contributed by atoms with E-state index in [9.17, 15) is 0 Å². The van der Waals surface area contributed by atoms with Crippen LogP contribution >= 0.6 is 11.6 Å². The predicted octanol–water partition coefficient (Wildman–Crippen LogP) is 3.84. The molecule has 1 aromatic heterocycles. The van der Waals surface area contributed by atoms with Crippen molar-refractivity contribution in [2.24, 2.45) is 7.05 Å². The van der Waals surface area contributed by atoms with Gasteiger partial charge in [-0.1, -0.05) is 49.7 Å². The van der Waals surface area contributed by atoms with Crippen molar-refractivity contribution >= 4 is 17.5 Å². The number of nitrogens with two attached hydrogens (primary N) is 1. The third kappa shape index (κ3) is 2.23. The minimum Gasteiger partial charge on any atom is -0.369 e. The van der Waals surface area contributed by atoms with Gasteiger partial charge in [-0.25, -0.2) is 4.98 Å². The lowest BCUT2D eigenvalue weighted by atomic mass is 9.97. The summed E-state index contributed by atoms with van der Waals surface area (Å²) in [5, 5.41) is 0.450. The van der Waals surface area contributed by atoms with E-state index in [-0.39, 0.29) is 0 Å². The molecule has 0 aliphatic heterocycles. The maximum Gasteiger partial charge on any atom is 0.201 e. The van der Waals surface area contributed by atoms with E-state index < -0.39 is 0 Å². The Morgan fingerprint density at radius 3 is 2.39 bits per heavy atom. The van der Waals surface area contributed by atoms with Gasteiger partial charge in [0.15, 0.2) is 5.15 Å². The number of imidazole rings is 1. The Morgan fingerprint density at radius 2 is 1.94 bits per heavy atom. The largest absolute Gasteiger partial charge is 0.369 e. The molecule has 0 radical (unpaired) electrons. The van der Waals surface area contributed by atoms with E-state index in [0.717, 1.165) is 17.7 Å². The molecule has 1 heterocycles.